The fourth-order valence-corrected chi connectivity index (χ4v) is 51.4. The molecule has 0 saturated heterocycles. The molecule has 40 heavy (non-hydrogen) atoms. The zero-order chi connectivity index (χ0) is 28.2. The molecule has 0 fully saturated rings. The third-order valence-electron chi connectivity index (χ3n) is 10.2. The number of benzene rings is 4. The van der Waals surface area contributed by atoms with Crippen LogP contribution in [0.1, 0.15) is 54.8 Å². The van der Waals surface area contributed by atoms with Crippen molar-refractivity contribution in [2.75, 3.05) is 0 Å². The third-order valence-corrected chi connectivity index (χ3v) is 77.4. The van der Waals surface area contributed by atoms with Crippen LogP contribution in [0.4, 0.5) is 0 Å². The van der Waals surface area contributed by atoms with E-state index in [2.05, 4.69) is 142 Å². The molecule has 0 spiro atoms. The fourth-order valence-electron chi connectivity index (χ4n) is 8.04. The number of allylic oxidation sites excluding steroid dienone is 2. The molecule has 0 saturated carbocycles. The van der Waals surface area contributed by atoms with Crippen LogP contribution in [-0.2, 0) is 14.1 Å². The summed E-state index contributed by atoms with van der Waals surface area (Å²) in [6.45, 7) is 9.29. The maximum absolute atomic E-state index is 8.97. The summed E-state index contributed by atoms with van der Waals surface area (Å²) < 4.78 is 1.20. The van der Waals surface area contributed by atoms with Crippen LogP contribution >= 0.6 is 17.0 Å². The van der Waals surface area contributed by atoms with Gasteiger partial charge in [-0.3, -0.25) is 0 Å². The first-order valence-corrected chi connectivity index (χ1v) is 32.2. The van der Waals surface area contributed by atoms with E-state index in [4.69, 9.17) is 17.0 Å². The molecule has 4 aromatic carbocycles. The van der Waals surface area contributed by atoms with Crippen LogP contribution in [0.15, 0.2) is 109 Å². The summed E-state index contributed by atoms with van der Waals surface area (Å²) in [7, 11) is 17.9. The molecule has 2 aliphatic carbocycles. The first-order valence-electron chi connectivity index (χ1n) is 14.7. The maximum atomic E-state index is 8.97. The normalized spacial score (nSPS) is 19.6. The van der Waals surface area contributed by atoms with Gasteiger partial charge in [-0.05, 0) is 0 Å². The van der Waals surface area contributed by atoms with Crippen molar-refractivity contribution in [3.05, 3.63) is 137 Å². The molecule has 0 N–H and O–H groups in total. The fraction of sp³-hybridized carbons (Fsp3) is 0.222. The quantitative estimate of drug-likeness (QED) is 0.173. The molecular formula is C36H38Cl2SiZr. The molecule has 2 unspecified atom stereocenters. The second kappa shape index (κ2) is 9.81. The summed E-state index contributed by atoms with van der Waals surface area (Å²) >= 11 is -5.69. The summed E-state index contributed by atoms with van der Waals surface area (Å²) in [5, 5.41) is 0. The van der Waals surface area contributed by atoms with E-state index in [1.807, 2.05) is 0 Å². The summed E-state index contributed by atoms with van der Waals surface area (Å²) in [4.78, 5) is 0. The van der Waals surface area contributed by atoms with E-state index in [-0.39, 0.29) is 7.25 Å². The Labute approximate surface area is 245 Å². The Balaban J connectivity index is 1.74. The molecule has 4 heteroatoms. The summed E-state index contributed by atoms with van der Waals surface area (Å²) in [6, 6.07) is 35.4. The molecular weight excluding hydrogens is 623 g/mol. The first-order chi connectivity index (χ1) is 19.2. The van der Waals surface area contributed by atoms with Crippen molar-refractivity contribution in [3.8, 4) is 11.1 Å². The Morgan fingerprint density at radius 3 is 2.15 bits per heavy atom. The third kappa shape index (κ3) is 3.72. The van der Waals surface area contributed by atoms with Gasteiger partial charge in [0.15, 0.2) is 0 Å². The zero-order valence-corrected chi connectivity index (χ0v) is 29.0. The Morgan fingerprint density at radius 1 is 0.775 bits per heavy atom. The molecule has 2 atom stereocenters. The van der Waals surface area contributed by atoms with Gasteiger partial charge in [-0.15, -0.1) is 0 Å². The van der Waals surface area contributed by atoms with Gasteiger partial charge in [0.2, 0.25) is 0 Å². The van der Waals surface area contributed by atoms with Gasteiger partial charge in [-0.1, -0.05) is 0 Å². The van der Waals surface area contributed by atoms with Crippen LogP contribution in [0.5, 0.6) is 0 Å². The standard InChI is InChI=1S/C19H19.C9H7.C6H5.C2H7Si.2ClH.Zr/c1-3-5-15-12-17-6-4-7-18(19(17)13-15)16-10-8-14(2)9-11-16;1-2-5-9-7-3-6-8(9)4-1;1-2-4-6-5-3-1;1-3-2;;;/h4,6-13H,3,5H2,1-2H3;1-7H;1-5H;3H,1-2H3;2*1H;/q;;;;;;+2/p-2. The van der Waals surface area contributed by atoms with Crippen molar-refractivity contribution in [2.45, 2.75) is 47.0 Å². The van der Waals surface area contributed by atoms with Crippen molar-refractivity contribution >= 4 is 38.4 Å². The van der Waals surface area contributed by atoms with Crippen molar-refractivity contribution in [3.63, 3.8) is 0 Å². The number of hydrogen-bond donors (Lipinski definition) is 0. The summed E-state index contributed by atoms with van der Waals surface area (Å²) in [5.74, 6) is -1.82. The molecule has 2 aliphatic rings. The van der Waals surface area contributed by atoms with Crippen molar-refractivity contribution < 1.29 is 14.1 Å². The van der Waals surface area contributed by atoms with Gasteiger partial charge in [0, 0.05) is 0 Å². The Bertz CT molecular complexity index is 1670. The molecule has 0 aliphatic heterocycles. The van der Waals surface area contributed by atoms with Gasteiger partial charge in [0.05, 0.1) is 0 Å². The summed E-state index contributed by atoms with van der Waals surface area (Å²) in [6.07, 6.45) is 9.18. The number of rotatable bonds is 7. The monoisotopic (exact) mass is 658 g/mol. The van der Waals surface area contributed by atoms with E-state index >= 15 is 0 Å². The van der Waals surface area contributed by atoms with Crippen LogP contribution in [0.3, 0.4) is 0 Å². The molecule has 0 amide bonds. The first kappa shape index (κ1) is 28.2. The van der Waals surface area contributed by atoms with Gasteiger partial charge < -0.3 is 0 Å². The van der Waals surface area contributed by atoms with E-state index in [9.17, 15) is 0 Å². The van der Waals surface area contributed by atoms with E-state index in [1.165, 1.54) is 47.8 Å². The van der Waals surface area contributed by atoms with Gasteiger partial charge >= 0.3 is 247 Å². The topological polar surface area (TPSA) is 0 Å². The average molecular weight is 661 g/mol. The Hall–Kier alpha value is -1.96. The SMILES string of the molecule is CCCC1=Cc2c(-c3ccc(C)cc3)cccc2[CH]1[Zr]([Cl])([Cl])([c]1ccccc1)([CH]1C=Cc2ccccc21)[SiH](C)C. The van der Waals surface area contributed by atoms with Crippen molar-refractivity contribution in [1.29, 1.82) is 0 Å². The van der Waals surface area contributed by atoms with Crippen LogP contribution in [-0.4, -0.2) is 5.92 Å². The molecule has 204 valence electrons. The van der Waals surface area contributed by atoms with Crippen molar-refractivity contribution in [2.24, 2.45) is 0 Å². The van der Waals surface area contributed by atoms with E-state index < -0.39 is 20.0 Å². The van der Waals surface area contributed by atoms with Crippen molar-refractivity contribution in [1.82, 2.24) is 0 Å². The van der Waals surface area contributed by atoms with Gasteiger partial charge in [0.1, 0.15) is 0 Å². The van der Waals surface area contributed by atoms with E-state index in [0.717, 1.165) is 12.8 Å². The molecule has 0 nitrogen and oxygen atoms in total. The minimum atomic E-state index is -5.69. The second-order valence-corrected chi connectivity index (χ2v) is 63.4. The molecule has 0 bridgehead atoms. The second-order valence-electron chi connectivity index (χ2n) is 12.4. The van der Waals surface area contributed by atoms with E-state index in [1.54, 1.807) is 0 Å². The zero-order valence-electron chi connectivity index (χ0n) is 23.9. The number of hydrogen-bond acceptors (Lipinski definition) is 0. The van der Waals surface area contributed by atoms with Crippen LogP contribution in [0.2, 0.25) is 13.1 Å². The number of fused-ring (bicyclic) bond motifs is 2. The molecule has 0 heterocycles. The molecule has 0 aromatic heterocycles. The predicted octanol–water partition coefficient (Wildman–Crippen LogP) is 10.5. The number of halogens is 2. The van der Waals surface area contributed by atoms with Gasteiger partial charge in [0.25, 0.3) is 0 Å². The van der Waals surface area contributed by atoms with Gasteiger partial charge in [-0.25, -0.2) is 0 Å². The van der Waals surface area contributed by atoms with Crippen LogP contribution < -0.4 is 3.27 Å². The molecule has 6 rings (SSSR count). The Kier molecular flexibility index (Phi) is 6.91. The van der Waals surface area contributed by atoms with E-state index in [0.29, 0.717) is 0 Å². The summed E-state index contributed by atoms with van der Waals surface area (Å²) in [5.41, 5.74) is 10.4. The minimum absolute atomic E-state index is 0.000227. The van der Waals surface area contributed by atoms with Crippen LogP contribution in [0.25, 0.3) is 23.3 Å². The van der Waals surface area contributed by atoms with Crippen LogP contribution in [0, 0.1) is 6.92 Å². The van der Waals surface area contributed by atoms with Gasteiger partial charge in [-0.2, -0.15) is 0 Å². The predicted molar refractivity (Wildman–Crippen MR) is 177 cm³/mol. The number of aryl methyl sites for hydroxylation is 1. The molecule has 0 radical (unpaired) electrons. The average Bonchev–Trinajstić information content (AvgIpc) is 3.58. The Morgan fingerprint density at radius 2 is 1.45 bits per heavy atom. The molecule has 4 aromatic rings.